The van der Waals surface area contributed by atoms with Crippen molar-refractivity contribution in [3.8, 4) is 0 Å². The molecule has 9 heavy (non-hydrogen) atoms. The fourth-order valence-electron chi connectivity index (χ4n) is 0.780. The van der Waals surface area contributed by atoms with Crippen molar-refractivity contribution in [3.63, 3.8) is 0 Å². The van der Waals surface area contributed by atoms with Gasteiger partial charge in [-0.15, -0.1) is 0 Å². The molecule has 0 aliphatic heterocycles. The Morgan fingerprint density at radius 1 is 1.44 bits per heavy atom. The molecule has 0 saturated heterocycles. The summed E-state index contributed by atoms with van der Waals surface area (Å²) >= 11 is 0. The Kier molecular flexibility index (Phi) is 4.72. The lowest BCUT2D eigenvalue weighted by Crippen LogP contribution is -2.30. The fourth-order valence-corrected chi connectivity index (χ4v) is 0.780. The molecule has 4 N–H and O–H groups in total. The van der Waals surface area contributed by atoms with Gasteiger partial charge < -0.3 is 11.5 Å². The fraction of sp³-hybridized carbons (Fsp3) is 1.00. The average Bonchev–Trinajstić information content (AvgIpc) is 1.87. The minimum absolute atomic E-state index is 0.306. The molecule has 0 aliphatic rings. The molecule has 0 bridgehead atoms. The zero-order chi connectivity index (χ0) is 7.28. The van der Waals surface area contributed by atoms with Gasteiger partial charge in [0.25, 0.3) is 0 Å². The summed E-state index contributed by atoms with van der Waals surface area (Å²) in [5.41, 5.74) is 11.1. The summed E-state index contributed by atoms with van der Waals surface area (Å²) < 4.78 is 0. The molecule has 2 nitrogen and oxygen atoms in total. The number of hydrogen-bond acceptors (Lipinski definition) is 2. The third kappa shape index (κ3) is 3.49. The van der Waals surface area contributed by atoms with E-state index >= 15 is 0 Å². The lowest BCUT2D eigenvalue weighted by Gasteiger charge is -2.16. The van der Waals surface area contributed by atoms with Gasteiger partial charge in [0.05, 0.1) is 0 Å². The molecule has 0 aromatic rings. The van der Waals surface area contributed by atoms with Gasteiger partial charge in [-0.3, -0.25) is 0 Å². The molecule has 0 aromatic heterocycles. The molecule has 2 atom stereocenters. The van der Waals surface area contributed by atoms with Crippen LogP contribution in [0.5, 0.6) is 0 Å². The molecular formula is C7H18N2. The van der Waals surface area contributed by atoms with Crippen molar-refractivity contribution in [2.45, 2.75) is 32.7 Å². The lowest BCUT2D eigenvalue weighted by atomic mass is 9.98. The van der Waals surface area contributed by atoms with Crippen molar-refractivity contribution in [1.82, 2.24) is 0 Å². The van der Waals surface area contributed by atoms with Crippen LogP contribution in [-0.2, 0) is 0 Å². The Morgan fingerprint density at radius 3 is 2.33 bits per heavy atom. The largest absolute Gasteiger partial charge is 0.330 e. The SMILES string of the molecule is CCC(C)C(N)CCN. The van der Waals surface area contributed by atoms with E-state index in [1.54, 1.807) is 0 Å². The minimum Gasteiger partial charge on any atom is -0.330 e. The highest BCUT2D eigenvalue weighted by Gasteiger charge is 2.07. The standard InChI is InChI=1S/C7H18N2/c1-3-6(2)7(9)4-5-8/h6-7H,3-5,8-9H2,1-2H3. The van der Waals surface area contributed by atoms with Gasteiger partial charge >= 0.3 is 0 Å². The molecule has 2 heteroatoms. The van der Waals surface area contributed by atoms with Gasteiger partial charge in [0.15, 0.2) is 0 Å². The first kappa shape index (κ1) is 8.92. The first-order chi connectivity index (χ1) is 4.22. The Labute approximate surface area is 57.6 Å². The van der Waals surface area contributed by atoms with Crippen LogP contribution in [0.2, 0.25) is 0 Å². The number of hydrogen-bond donors (Lipinski definition) is 2. The third-order valence-electron chi connectivity index (χ3n) is 1.87. The monoisotopic (exact) mass is 130 g/mol. The Morgan fingerprint density at radius 2 is 2.00 bits per heavy atom. The van der Waals surface area contributed by atoms with Crippen LogP contribution in [0.15, 0.2) is 0 Å². The predicted molar refractivity (Wildman–Crippen MR) is 41.1 cm³/mol. The highest BCUT2D eigenvalue weighted by Crippen LogP contribution is 2.06. The highest BCUT2D eigenvalue weighted by atomic mass is 14.7. The second-order valence-corrected chi connectivity index (χ2v) is 2.63. The quantitative estimate of drug-likeness (QED) is 0.589. The maximum atomic E-state index is 5.76. The van der Waals surface area contributed by atoms with Crippen molar-refractivity contribution >= 4 is 0 Å². The highest BCUT2D eigenvalue weighted by molar-refractivity contribution is 4.67. The summed E-state index contributed by atoms with van der Waals surface area (Å²) in [5.74, 6) is 0.619. The van der Waals surface area contributed by atoms with Crippen LogP contribution in [0.25, 0.3) is 0 Å². The molecule has 0 fully saturated rings. The van der Waals surface area contributed by atoms with Crippen molar-refractivity contribution in [2.75, 3.05) is 6.54 Å². The van der Waals surface area contributed by atoms with Crippen molar-refractivity contribution < 1.29 is 0 Å². The maximum Gasteiger partial charge on any atom is 0.00764 e. The number of nitrogens with two attached hydrogens (primary N) is 2. The molecular weight excluding hydrogens is 112 g/mol. The summed E-state index contributed by atoms with van der Waals surface area (Å²) in [5, 5.41) is 0. The summed E-state index contributed by atoms with van der Waals surface area (Å²) in [4.78, 5) is 0. The van der Waals surface area contributed by atoms with Crippen LogP contribution < -0.4 is 11.5 Å². The van der Waals surface area contributed by atoms with E-state index in [2.05, 4.69) is 13.8 Å². The lowest BCUT2D eigenvalue weighted by molar-refractivity contribution is 0.424. The molecule has 0 aliphatic carbocycles. The van der Waals surface area contributed by atoms with E-state index in [1.807, 2.05) is 0 Å². The zero-order valence-electron chi connectivity index (χ0n) is 6.43. The summed E-state index contributed by atoms with van der Waals surface area (Å²) in [6, 6.07) is 0.306. The first-order valence-corrected chi connectivity index (χ1v) is 3.68. The van der Waals surface area contributed by atoms with Crippen LogP contribution in [0.3, 0.4) is 0 Å². The van der Waals surface area contributed by atoms with Gasteiger partial charge in [0.1, 0.15) is 0 Å². The number of rotatable bonds is 4. The van der Waals surface area contributed by atoms with E-state index in [4.69, 9.17) is 11.5 Å². The smallest absolute Gasteiger partial charge is 0.00764 e. The second kappa shape index (κ2) is 4.77. The van der Waals surface area contributed by atoms with Crippen LogP contribution in [0.4, 0.5) is 0 Å². The topological polar surface area (TPSA) is 52.0 Å². The zero-order valence-corrected chi connectivity index (χ0v) is 6.43. The van der Waals surface area contributed by atoms with E-state index in [9.17, 15) is 0 Å². The van der Waals surface area contributed by atoms with Gasteiger partial charge in [-0.25, -0.2) is 0 Å². The van der Waals surface area contributed by atoms with Crippen molar-refractivity contribution in [3.05, 3.63) is 0 Å². The van der Waals surface area contributed by atoms with Gasteiger partial charge in [-0.1, -0.05) is 20.3 Å². The predicted octanol–water partition coefficient (Wildman–Crippen LogP) is 0.709. The van der Waals surface area contributed by atoms with Crippen LogP contribution in [-0.4, -0.2) is 12.6 Å². The van der Waals surface area contributed by atoms with Crippen LogP contribution in [0.1, 0.15) is 26.7 Å². The van der Waals surface area contributed by atoms with E-state index in [-0.39, 0.29) is 0 Å². The van der Waals surface area contributed by atoms with E-state index in [0.29, 0.717) is 18.5 Å². The van der Waals surface area contributed by atoms with Crippen molar-refractivity contribution in [1.29, 1.82) is 0 Å². The molecule has 0 saturated carbocycles. The molecule has 0 radical (unpaired) electrons. The third-order valence-corrected chi connectivity index (χ3v) is 1.87. The molecule has 0 aromatic carbocycles. The molecule has 0 heterocycles. The first-order valence-electron chi connectivity index (χ1n) is 3.68. The molecule has 0 spiro atoms. The molecule has 0 amide bonds. The summed E-state index contributed by atoms with van der Waals surface area (Å²) in [6.45, 7) is 5.03. The van der Waals surface area contributed by atoms with Crippen LogP contribution >= 0.6 is 0 Å². The normalized spacial score (nSPS) is 17.3. The molecule has 56 valence electrons. The van der Waals surface area contributed by atoms with Gasteiger partial charge in [0.2, 0.25) is 0 Å². The van der Waals surface area contributed by atoms with Gasteiger partial charge in [-0.05, 0) is 18.9 Å². The molecule has 2 unspecified atom stereocenters. The van der Waals surface area contributed by atoms with E-state index < -0.39 is 0 Å². The second-order valence-electron chi connectivity index (χ2n) is 2.63. The Bertz CT molecular complexity index is 63.9. The van der Waals surface area contributed by atoms with E-state index in [0.717, 1.165) is 12.8 Å². The summed E-state index contributed by atoms with van der Waals surface area (Å²) in [6.07, 6.45) is 2.11. The Balaban J connectivity index is 3.32. The maximum absolute atomic E-state index is 5.76. The van der Waals surface area contributed by atoms with Gasteiger partial charge in [-0.2, -0.15) is 0 Å². The van der Waals surface area contributed by atoms with Crippen molar-refractivity contribution in [2.24, 2.45) is 17.4 Å². The summed E-state index contributed by atoms with van der Waals surface area (Å²) in [7, 11) is 0. The Hall–Kier alpha value is -0.0800. The minimum atomic E-state index is 0.306. The van der Waals surface area contributed by atoms with Crippen LogP contribution in [0, 0.1) is 5.92 Å². The average molecular weight is 130 g/mol. The van der Waals surface area contributed by atoms with Gasteiger partial charge in [0, 0.05) is 6.04 Å². The molecule has 0 rings (SSSR count). The van der Waals surface area contributed by atoms with E-state index in [1.165, 1.54) is 0 Å².